The molecule has 3 heteroatoms. The van der Waals surface area contributed by atoms with Gasteiger partial charge in [-0.1, -0.05) is 83.6 Å². The van der Waals surface area contributed by atoms with Gasteiger partial charge in [0.1, 0.15) is 0 Å². The van der Waals surface area contributed by atoms with Crippen molar-refractivity contribution < 1.29 is 0 Å². The molecule has 0 aliphatic carbocycles. The lowest BCUT2D eigenvalue weighted by Gasteiger charge is -2.08. The second-order valence-corrected chi connectivity index (χ2v) is 8.91. The van der Waals surface area contributed by atoms with E-state index in [-0.39, 0.29) is 0 Å². The molecule has 0 fully saturated rings. The van der Waals surface area contributed by atoms with E-state index in [0.717, 1.165) is 8.95 Å². The van der Waals surface area contributed by atoms with E-state index in [2.05, 4.69) is 66.8 Å². The molecule has 1 rings (SSSR count). The Labute approximate surface area is 168 Å². The summed E-state index contributed by atoms with van der Waals surface area (Å²) >= 11 is 10.8. The fourth-order valence-corrected chi connectivity index (χ4v) is 4.44. The normalized spacial score (nSPS) is 11.1. The Morgan fingerprint density at radius 1 is 0.609 bits per heavy atom. The van der Waals surface area contributed by atoms with Gasteiger partial charge >= 0.3 is 0 Å². The minimum atomic E-state index is 1.11. The fraction of sp³-hybridized carbons (Fsp3) is 0.700. The van der Waals surface area contributed by atoms with E-state index < -0.39 is 0 Å². The molecule has 0 aliphatic rings. The molecule has 0 atom stereocenters. The number of aryl methyl sites for hydroxylation is 1. The van der Waals surface area contributed by atoms with Gasteiger partial charge in [0.2, 0.25) is 0 Å². The van der Waals surface area contributed by atoms with Crippen LogP contribution in [0.5, 0.6) is 0 Å². The van der Waals surface area contributed by atoms with Gasteiger partial charge in [0.05, 0.1) is 0 Å². The van der Waals surface area contributed by atoms with Crippen LogP contribution in [0.25, 0.3) is 0 Å². The lowest BCUT2D eigenvalue weighted by Crippen LogP contribution is -1.89. The van der Waals surface area contributed by atoms with Gasteiger partial charge in [-0.05, 0) is 72.3 Å². The third-order valence-corrected chi connectivity index (χ3v) is 7.87. The summed E-state index contributed by atoms with van der Waals surface area (Å²) in [6.45, 7) is 2.29. The van der Waals surface area contributed by atoms with Crippen molar-refractivity contribution in [2.75, 3.05) is 0 Å². The van der Waals surface area contributed by atoms with Gasteiger partial charge in [-0.3, -0.25) is 0 Å². The van der Waals surface area contributed by atoms with Crippen molar-refractivity contribution in [1.29, 1.82) is 0 Å². The summed E-state index contributed by atoms with van der Waals surface area (Å²) in [6.07, 6.45) is 18.1. The minimum Gasteiger partial charge on any atom is -0.0654 e. The molecule has 0 amide bonds. The highest BCUT2D eigenvalue weighted by atomic mass is 79.9. The maximum atomic E-state index is 3.69. The standard InChI is InChI=1S/C20H31Br3/c1-2-3-4-5-6-7-8-9-10-11-12-13-14-17-15-16-18(21)20(23)19(17)22/h15-16H,2-14H2,1H3. The molecule has 0 saturated heterocycles. The number of halogens is 3. The first-order chi connectivity index (χ1) is 11.2. The Hall–Kier alpha value is 0.660. The molecule has 0 aliphatic heterocycles. The summed E-state index contributed by atoms with van der Waals surface area (Å²) in [5, 5.41) is 0. The molecule has 23 heavy (non-hydrogen) atoms. The average Bonchev–Trinajstić information content (AvgIpc) is 2.55. The number of unbranched alkanes of at least 4 members (excludes halogenated alkanes) is 11. The molecule has 132 valence electrons. The van der Waals surface area contributed by atoms with Crippen molar-refractivity contribution in [3.05, 3.63) is 31.1 Å². The molecule has 0 spiro atoms. The van der Waals surface area contributed by atoms with Crippen molar-refractivity contribution in [1.82, 2.24) is 0 Å². The van der Waals surface area contributed by atoms with E-state index in [9.17, 15) is 0 Å². The van der Waals surface area contributed by atoms with Gasteiger partial charge in [0.25, 0.3) is 0 Å². The van der Waals surface area contributed by atoms with Crippen molar-refractivity contribution in [3.8, 4) is 0 Å². The molecule has 0 heterocycles. The van der Waals surface area contributed by atoms with E-state index in [0.29, 0.717) is 0 Å². The molecule has 1 aromatic rings. The quantitative estimate of drug-likeness (QED) is 0.183. The highest BCUT2D eigenvalue weighted by Gasteiger charge is 2.07. The third-order valence-electron chi connectivity index (χ3n) is 4.41. The third kappa shape index (κ3) is 9.65. The Bertz CT molecular complexity index is 429. The van der Waals surface area contributed by atoms with Crippen LogP contribution in [0.1, 0.15) is 89.5 Å². The molecule has 0 nitrogen and oxygen atoms in total. The Kier molecular flexibility index (Phi) is 13.1. The number of rotatable bonds is 13. The van der Waals surface area contributed by atoms with Gasteiger partial charge in [0.15, 0.2) is 0 Å². The monoisotopic (exact) mass is 508 g/mol. The smallest absolute Gasteiger partial charge is 0.0462 e. The zero-order valence-electron chi connectivity index (χ0n) is 14.5. The van der Waals surface area contributed by atoms with Gasteiger partial charge in [-0.25, -0.2) is 0 Å². The number of hydrogen-bond acceptors (Lipinski definition) is 0. The largest absolute Gasteiger partial charge is 0.0654 e. The first-order valence-electron chi connectivity index (χ1n) is 9.29. The van der Waals surface area contributed by atoms with Crippen LogP contribution in [0.3, 0.4) is 0 Å². The first-order valence-corrected chi connectivity index (χ1v) is 11.7. The summed E-state index contributed by atoms with van der Waals surface area (Å²) in [5.74, 6) is 0. The Balaban J connectivity index is 1.97. The second-order valence-electron chi connectivity index (χ2n) is 6.47. The number of hydrogen-bond donors (Lipinski definition) is 0. The van der Waals surface area contributed by atoms with E-state index in [1.165, 1.54) is 93.5 Å². The van der Waals surface area contributed by atoms with E-state index in [1.807, 2.05) is 0 Å². The lowest BCUT2D eigenvalue weighted by atomic mass is 10.0. The van der Waals surface area contributed by atoms with Gasteiger partial charge in [-0.2, -0.15) is 0 Å². The summed E-state index contributed by atoms with van der Waals surface area (Å²) in [7, 11) is 0. The van der Waals surface area contributed by atoms with Crippen LogP contribution in [0.4, 0.5) is 0 Å². The van der Waals surface area contributed by atoms with Crippen LogP contribution in [-0.2, 0) is 6.42 Å². The first kappa shape index (κ1) is 21.7. The summed E-state index contributed by atoms with van der Waals surface area (Å²) in [5.41, 5.74) is 1.41. The van der Waals surface area contributed by atoms with Crippen LogP contribution in [0.15, 0.2) is 25.6 Å². The highest BCUT2D eigenvalue weighted by Crippen LogP contribution is 2.34. The van der Waals surface area contributed by atoms with Crippen molar-refractivity contribution in [2.45, 2.75) is 90.4 Å². The average molecular weight is 511 g/mol. The van der Waals surface area contributed by atoms with Crippen LogP contribution < -0.4 is 0 Å². The van der Waals surface area contributed by atoms with Crippen molar-refractivity contribution in [2.24, 2.45) is 0 Å². The van der Waals surface area contributed by atoms with Crippen LogP contribution >= 0.6 is 47.8 Å². The molecule has 1 aromatic carbocycles. The minimum absolute atomic E-state index is 1.11. The molecular weight excluding hydrogens is 480 g/mol. The molecule has 0 saturated carbocycles. The molecular formula is C20H31Br3. The van der Waals surface area contributed by atoms with Gasteiger partial charge < -0.3 is 0 Å². The van der Waals surface area contributed by atoms with Crippen LogP contribution in [0.2, 0.25) is 0 Å². The topological polar surface area (TPSA) is 0 Å². The maximum Gasteiger partial charge on any atom is 0.0462 e. The van der Waals surface area contributed by atoms with E-state index in [1.54, 1.807) is 0 Å². The molecule has 0 unspecified atom stereocenters. The summed E-state index contributed by atoms with van der Waals surface area (Å²) in [4.78, 5) is 0. The van der Waals surface area contributed by atoms with Gasteiger partial charge in [0, 0.05) is 13.4 Å². The zero-order valence-corrected chi connectivity index (χ0v) is 19.2. The van der Waals surface area contributed by atoms with Crippen LogP contribution in [0, 0.1) is 0 Å². The molecule has 0 radical (unpaired) electrons. The molecule has 0 N–H and O–H groups in total. The Morgan fingerprint density at radius 3 is 1.61 bits per heavy atom. The van der Waals surface area contributed by atoms with Crippen molar-refractivity contribution >= 4 is 47.8 Å². The lowest BCUT2D eigenvalue weighted by molar-refractivity contribution is 0.544. The predicted molar refractivity (Wildman–Crippen MR) is 114 cm³/mol. The van der Waals surface area contributed by atoms with Crippen molar-refractivity contribution in [3.63, 3.8) is 0 Å². The Morgan fingerprint density at radius 2 is 1.09 bits per heavy atom. The predicted octanol–water partition coefficient (Wildman–Crippen LogP) is 9.22. The fourth-order valence-electron chi connectivity index (χ4n) is 2.92. The molecule has 0 bridgehead atoms. The highest BCUT2D eigenvalue weighted by molar-refractivity contribution is 9.14. The second kappa shape index (κ2) is 13.9. The summed E-state index contributed by atoms with van der Waals surface area (Å²) in [6, 6.07) is 4.35. The summed E-state index contributed by atoms with van der Waals surface area (Å²) < 4.78 is 3.45. The van der Waals surface area contributed by atoms with Gasteiger partial charge in [-0.15, -0.1) is 0 Å². The van der Waals surface area contributed by atoms with Crippen LogP contribution in [-0.4, -0.2) is 0 Å². The zero-order chi connectivity index (χ0) is 16.9. The molecule has 0 aromatic heterocycles. The SMILES string of the molecule is CCCCCCCCCCCCCCc1ccc(Br)c(Br)c1Br. The maximum absolute atomic E-state index is 3.69. The number of benzene rings is 1. The van der Waals surface area contributed by atoms with E-state index >= 15 is 0 Å². The van der Waals surface area contributed by atoms with E-state index in [4.69, 9.17) is 0 Å².